The standard InChI is InChI=1S/C22H17FN6O3/c1-12(31-19-11-14-9-15(23)4-5-17(14)26-20(19)24)16-10-13(21-27-22(30)32-28-21)3-6-18(16)29-8-2-7-25-29/h2-12H,1H3,(H2,24,26)(H,27,28,30). The molecular formula is C22H17FN6O3. The molecule has 2 aromatic carbocycles. The van der Waals surface area contributed by atoms with E-state index in [1.54, 1.807) is 41.3 Å². The molecule has 10 heteroatoms. The predicted molar refractivity (Wildman–Crippen MR) is 115 cm³/mol. The van der Waals surface area contributed by atoms with Gasteiger partial charge in [0.1, 0.15) is 11.9 Å². The number of rotatable bonds is 5. The number of H-pyrrole nitrogens is 1. The summed E-state index contributed by atoms with van der Waals surface area (Å²) >= 11 is 0. The number of nitrogens with zero attached hydrogens (tertiary/aromatic N) is 4. The molecule has 0 aliphatic heterocycles. The lowest BCUT2D eigenvalue weighted by atomic mass is 10.0. The van der Waals surface area contributed by atoms with Crippen LogP contribution in [-0.4, -0.2) is 24.9 Å². The Morgan fingerprint density at radius 2 is 2.09 bits per heavy atom. The highest BCUT2D eigenvalue weighted by molar-refractivity contribution is 5.82. The number of pyridine rings is 1. The van der Waals surface area contributed by atoms with Gasteiger partial charge < -0.3 is 10.5 Å². The number of fused-ring (bicyclic) bond motifs is 1. The van der Waals surface area contributed by atoms with E-state index in [0.29, 0.717) is 22.2 Å². The number of hydrogen-bond acceptors (Lipinski definition) is 7. The summed E-state index contributed by atoms with van der Waals surface area (Å²) in [6.07, 6.45) is 2.96. The van der Waals surface area contributed by atoms with Crippen LogP contribution < -0.4 is 16.2 Å². The van der Waals surface area contributed by atoms with E-state index in [-0.39, 0.29) is 17.5 Å². The first kappa shape index (κ1) is 19.5. The van der Waals surface area contributed by atoms with Crippen molar-refractivity contribution in [2.75, 3.05) is 5.73 Å². The van der Waals surface area contributed by atoms with Crippen molar-refractivity contribution >= 4 is 16.7 Å². The van der Waals surface area contributed by atoms with Crippen LogP contribution in [0.4, 0.5) is 10.2 Å². The molecule has 0 fully saturated rings. The zero-order valence-electron chi connectivity index (χ0n) is 16.8. The maximum Gasteiger partial charge on any atom is 0.439 e. The number of anilines is 1. The highest BCUT2D eigenvalue weighted by Crippen LogP contribution is 2.33. The largest absolute Gasteiger partial charge is 0.482 e. The van der Waals surface area contributed by atoms with Gasteiger partial charge in [0.25, 0.3) is 0 Å². The smallest absolute Gasteiger partial charge is 0.439 e. The number of aromatic nitrogens is 5. The van der Waals surface area contributed by atoms with Crippen LogP contribution in [0.5, 0.6) is 5.75 Å². The van der Waals surface area contributed by atoms with Crippen LogP contribution in [0.3, 0.4) is 0 Å². The molecule has 160 valence electrons. The van der Waals surface area contributed by atoms with Gasteiger partial charge in [-0.15, -0.1) is 0 Å². The Bertz CT molecular complexity index is 1480. The fourth-order valence-corrected chi connectivity index (χ4v) is 3.49. The first-order valence-corrected chi connectivity index (χ1v) is 9.71. The Kier molecular flexibility index (Phi) is 4.66. The third-order valence-electron chi connectivity index (χ3n) is 5.00. The fraction of sp³-hybridized carbons (Fsp3) is 0.0909. The average Bonchev–Trinajstić information content (AvgIpc) is 3.46. The van der Waals surface area contributed by atoms with Gasteiger partial charge in [0.2, 0.25) is 0 Å². The lowest BCUT2D eigenvalue weighted by Crippen LogP contribution is -2.10. The van der Waals surface area contributed by atoms with Crippen LogP contribution in [0.2, 0.25) is 0 Å². The molecule has 0 saturated carbocycles. The lowest BCUT2D eigenvalue weighted by molar-refractivity contribution is 0.227. The number of ether oxygens (including phenoxy) is 1. The Labute approximate surface area is 180 Å². The number of hydrogen-bond donors (Lipinski definition) is 2. The van der Waals surface area contributed by atoms with Gasteiger partial charge in [-0.25, -0.2) is 18.9 Å². The van der Waals surface area contributed by atoms with Crippen LogP contribution in [0.25, 0.3) is 28.0 Å². The van der Waals surface area contributed by atoms with Gasteiger partial charge in [-0.3, -0.25) is 9.51 Å². The van der Waals surface area contributed by atoms with E-state index in [1.165, 1.54) is 12.1 Å². The monoisotopic (exact) mass is 432 g/mol. The first-order chi connectivity index (χ1) is 15.5. The summed E-state index contributed by atoms with van der Waals surface area (Å²) in [5.41, 5.74) is 8.80. The van der Waals surface area contributed by atoms with Gasteiger partial charge in [0.05, 0.1) is 11.2 Å². The molecule has 9 nitrogen and oxygen atoms in total. The van der Waals surface area contributed by atoms with E-state index in [9.17, 15) is 9.18 Å². The maximum absolute atomic E-state index is 13.7. The summed E-state index contributed by atoms with van der Waals surface area (Å²) < 4.78 is 26.1. The van der Waals surface area contributed by atoms with Crippen LogP contribution >= 0.6 is 0 Å². The first-order valence-electron chi connectivity index (χ1n) is 9.71. The number of halogens is 1. The molecule has 1 atom stereocenters. The van der Waals surface area contributed by atoms with Gasteiger partial charge in [-0.1, -0.05) is 5.16 Å². The summed E-state index contributed by atoms with van der Waals surface area (Å²) in [5.74, 6) is -0.226. The van der Waals surface area contributed by atoms with E-state index < -0.39 is 11.9 Å². The lowest BCUT2D eigenvalue weighted by Gasteiger charge is -2.20. The molecule has 0 aliphatic rings. The van der Waals surface area contributed by atoms with Crippen LogP contribution in [0, 0.1) is 5.82 Å². The van der Waals surface area contributed by atoms with Gasteiger partial charge in [0.15, 0.2) is 17.4 Å². The summed E-state index contributed by atoms with van der Waals surface area (Å²) in [6, 6.07) is 13.2. The predicted octanol–water partition coefficient (Wildman–Crippen LogP) is 3.63. The molecule has 5 aromatic rings. The number of benzene rings is 2. The van der Waals surface area contributed by atoms with Gasteiger partial charge in [-0.2, -0.15) is 5.10 Å². The van der Waals surface area contributed by atoms with Crippen molar-refractivity contribution in [3.63, 3.8) is 0 Å². The third-order valence-corrected chi connectivity index (χ3v) is 5.00. The van der Waals surface area contributed by atoms with Gasteiger partial charge in [0, 0.05) is 28.9 Å². The Morgan fingerprint density at radius 3 is 2.84 bits per heavy atom. The number of aromatic amines is 1. The molecule has 3 N–H and O–H groups in total. The van der Waals surface area contributed by atoms with E-state index in [2.05, 4.69) is 24.7 Å². The minimum atomic E-state index is -0.649. The van der Waals surface area contributed by atoms with E-state index in [1.807, 2.05) is 19.1 Å². The van der Waals surface area contributed by atoms with E-state index in [0.717, 1.165) is 11.3 Å². The fourth-order valence-electron chi connectivity index (χ4n) is 3.49. The summed E-state index contributed by atoms with van der Waals surface area (Å²) in [6.45, 7) is 1.84. The van der Waals surface area contributed by atoms with Crippen molar-refractivity contribution in [2.45, 2.75) is 13.0 Å². The molecule has 3 heterocycles. The summed E-state index contributed by atoms with van der Waals surface area (Å²) in [5, 5.41) is 8.62. The van der Waals surface area contributed by atoms with Crippen molar-refractivity contribution in [1.82, 2.24) is 24.9 Å². The molecule has 0 radical (unpaired) electrons. The SMILES string of the molecule is CC(Oc1cc2cc(F)ccc2nc1N)c1cc(-c2noc(=O)[nH]2)ccc1-n1cccn1. The molecule has 0 saturated heterocycles. The molecule has 0 aliphatic carbocycles. The minimum Gasteiger partial charge on any atom is -0.482 e. The highest BCUT2D eigenvalue weighted by Gasteiger charge is 2.19. The highest BCUT2D eigenvalue weighted by atomic mass is 19.1. The molecule has 0 bridgehead atoms. The second-order valence-electron chi connectivity index (χ2n) is 7.14. The molecule has 32 heavy (non-hydrogen) atoms. The second-order valence-corrected chi connectivity index (χ2v) is 7.14. The van der Waals surface area contributed by atoms with Gasteiger partial charge in [-0.05, 0) is 55.5 Å². The summed E-state index contributed by atoms with van der Waals surface area (Å²) in [4.78, 5) is 18.2. The number of nitrogen functional groups attached to an aromatic ring is 1. The zero-order chi connectivity index (χ0) is 22.2. The van der Waals surface area contributed by atoms with E-state index in [4.69, 9.17) is 10.5 Å². The van der Waals surface area contributed by atoms with Crippen molar-refractivity contribution < 1.29 is 13.7 Å². The van der Waals surface area contributed by atoms with Crippen molar-refractivity contribution in [3.05, 3.63) is 82.9 Å². The Hall–Kier alpha value is -4.47. The normalized spacial score (nSPS) is 12.2. The molecule has 5 rings (SSSR count). The third kappa shape index (κ3) is 3.58. The van der Waals surface area contributed by atoms with Gasteiger partial charge >= 0.3 is 5.76 Å². The van der Waals surface area contributed by atoms with Crippen molar-refractivity contribution in [3.8, 4) is 22.8 Å². The van der Waals surface area contributed by atoms with Crippen LogP contribution in [0.1, 0.15) is 18.6 Å². The number of nitrogens with two attached hydrogens (primary N) is 1. The zero-order valence-corrected chi connectivity index (χ0v) is 16.8. The van der Waals surface area contributed by atoms with Crippen LogP contribution in [-0.2, 0) is 0 Å². The van der Waals surface area contributed by atoms with Crippen LogP contribution in [0.15, 0.2) is 70.2 Å². The minimum absolute atomic E-state index is 0.189. The average molecular weight is 432 g/mol. The summed E-state index contributed by atoms with van der Waals surface area (Å²) in [7, 11) is 0. The molecule has 3 aromatic heterocycles. The molecule has 0 amide bonds. The topological polar surface area (TPSA) is 125 Å². The molecule has 1 unspecified atom stereocenters. The Morgan fingerprint density at radius 1 is 1.22 bits per heavy atom. The quantitative estimate of drug-likeness (QED) is 0.434. The Balaban J connectivity index is 1.57. The van der Waals surface area contributed by atoms with E-state index >= 15 is 0 Å². The van der Waals surface area contributed by atoms with Crippen molar-refractivity contribution in [2.24, 2.45) is 0 Å². The maximum atomic E-state index is 13.7. The van der Waals surface area contributed by atoms with Crippen molar-refractivity contribution in [1.29, 1.82) is 0 Å². The molecular weight excluding hydrogens is 415 g/mol. The second kappa shape index (κ2) is 7.65. The number of nitrogens with one attached hydrogen (secondary N) is 1. The molecule has 0 spiro atoms.